The molecule has 0 saturated heterocycles. The minimum absolute atomic E-state index is 0.115. The second-order valence-electron chi connectivity index (χ2n) is 3.32. The summed E-state index contributed by atoms with van der Waals surface area (Å²) in [6, 6.07) is 7.27. The molecular formula is C11H10O4. The smallest absolute Gasteiger partial charge is 0.338 e. The first-order valence-electron chi connectivity index (χ1n) is 4.65. The number of hydrogen-bond acceptors (Lipinski definition) is 4. The molecule has 4 heteroatoms. The van der Waals surface area contributed by atoms with Crippen molar-refractivity contribution >= 4 is 12.4 Å². The molecule has 1 aromatic rings. The summed E-state index contributed by atoms with van der Waals surface area (Å²) in [7, 11) is 0. The van der Waals surface area contributed by atoms with Gasteiger partial charge in [0.25, 0.3) is 6.47 Å². The van der Waals surface area contributed by atoms with Gasteiger partial charge in [-0.1, -0.05) is 18.2 Å². The summed E-state index contributed by atoms with van der Waals surface area (Å²) in [5.74, 6) is -0.351. The van der Waals surface area contributed by atoms with E-state index in [1.807, 2.05) is 12.1 Å². The summed E-state index contributed by atoms with van der Waals surface area (Å²) >= 11 is 0. The number of hydrogen-bond donors (Lipinski definition) is 0. The lowest BCUT2D eigenvalue weighted by Crippen LogP contribution is -2.31. The molecule has 0 aliphatic carbocycles. The Hall–Kier alpha value is -1.84. The molecule has 1 aliphatic heterocycles. The zero-order chi connectivity index (χ0) is 10.7. The Morgan fingerprint density at radius 3 is 3.07 bits per heavy atom. The van der Waals surface area contributed by atoms with Crippen molar-refractivity contribution in [3.63, 3.8) is 0 Å². The lowest BCUT2D eigenvalue weighted by Gasteiger charge is -2.23. The molecule has 15 heavy (non-hydrogen) atoms. The van der Waals surface area contributed by atoms with Crippen LogP contribution in [0.15, 0.2) is 24.3 Å². The first-order chi connectivity index (χ1) is 7.31. The molecular weight excluding hydrogens is 196 g/mol. The van der Waals surface area contributed by atoms with Crippen molar-refractivity contribution in [1.29, 1.82) is 0 Å². The predicted octanol–water partition coefficient (Wildman–Crippen LogP) is 0.941. The Morgan fingerprint density at radius 2 is 2.27 bits per heavy atom. The van der Waals surface area contributed by atoms with Gasteiger partial charge in [-0.05, 0) is 11.6 Å². The van der Waals surface area contributed by atoms with Gasteiger partial charge in [0.05, 0.1) is 5.56 Å². The van der Waals surface area contributed by atoms with Crippen molar-refractivity contribution < 1.29 is 19.1 Å². The highest BCUT2D eigenvalue weighted by Crippen LogP contribution is 2.20. The van der Waals surface area contributed by atoms with Crippen LogP contribution in [0.1, 0.15) is 15.9 Å². The van der Waals surface area contributed by atoms with Crippen LogP contribution in [0.3, 0.4) is 0 Å². The number of ether oxygens (including phenoxy) is 2. The number of benzene rings is 1. The zero-order valence-corrected chi connectivity index (χ0v) is 8.01. The minimum Gasteiger partial charge on any atom is -0.464 e. The molecule has 0 amide bonds. The quantitative estimate of drug-likeness (QED) is 0.545. The van der Waals surface area contributed by atoms with Gasteiger partial charge in [0, 0.05) is 6.42 Å². The molecule has 0 bridgehead atoms. The van der Waals surface area contributed by atoms with E-state index in [1.54, 1.807) is 12.1 Å². The summed E-state index contributed by atoms with van der Waals surface area (Å²) in [4.78, 5) is 21.5. The SMILES string of the molecule is O=COC[C@@H]1Cc2ccccc2C(=O)O1. The Bertz CT molecular complexity index is 386. The van der Waals surface area contributed by atoms with Crippen molar-refractivity contribution in [3.05, 3.63) is 35.4 Å². The van der Waals surface area contributed by atoms with Gasteiger partial charge in [0.1, 0.15) is 12.7 Å². The van der Waals surface area contributed by atoms with Gasteiger partial charge in [0.2, 0.25) is 0 Å². The first kappa shape index (κ1) is 9.71. The fraction of sp³-hybridized carbons (Fsp3) is 0.273. The maximum atomic E-state index is 11.5. The van der Waals surface area contributed by atoms with E-state index < -0.39 is 0 Å². The maximum absolute atomic E-state index is 11.5. The minimum atomic E-state index is -0.363. The summed E-state index contributed by atoms with van der Waals surface area (Å²) in [6.45, 7) is 0.470. The predicted molar refractivity (Wildman–Crippen MR) is 51.4 cm³/mol. The highest BCUT2D eigenvalue weighted by molar-refractivity contribution is 5.92. The van der Waals surface area contributed by atoms with Gasteiger partial charge in [-0.2, -0.15) is 0 Å². The Morgan fingerprint density at radius 1 is 1.47 bits per heavy atom. The number of esters is 1. The van der Waals surface area contributed by atoms with Gasteiger partial charge in [-0.3, -0.25) is 4.79 Å². The van der Waals surface area contributed by atoms with Gasteiger partial charge in [-0.15, -0.1) is 0 Å². The van der Waals surface area contributed by atoms with Crippen molar-refractivity contribution in [2.24, 2.45) is 0 Å². The average Bonchev–Trinajstić information content (AvgIpc) is 2.26. The molecule has 2 rings (SSSR count). The number of fused-ring (bicyclic) bond motifs is 1. The van der Waals surface area contributed by atoms with E-state index in [4.69, 9.17) is 4.74 Å². The van der Waals surface area contributed by atoms with E-state index in [9.17, 15) is 9.59 Å². The Kier molecular flexibility index (Phi) is 2.67. The van der Waals surface area contributed by atoms with Gasteiger partial charge in [-0.25, -0.2) is 4.79 Å². The topological polar surface area (TPSA) is 52.6 Å². The Balaban J connectivity index is 2.15. The van der Waals surface area contributed by atoms with Crippen LogP contribution in [0, 0.1) is 0 Å². The van der Waals surface area contributed by atoms with Crippen molar-refractivity contribution in [2.45, 2.75) is 12.5 Å². The highest BCUT2D eigenvalue weighted by Gasteiger charge is 2.25. The molecule has 1 aromatic carbocycles. The number of carbonyl (C=O) groups is 2. The number of rotatable bonds is 3. The molecule has 1 heterocycles. The summed E-state index contributed by atoms with van der Waals surface area (Å²) < 4.78 is 9.67. The number of cyclic esters (lactones) is 1. The van der Waals surface area contributed by atoms with Crippen LogP contribution in [0.4, 0.5) is 0 Å². The summed E-state index contributed by atoms with van der Waals surface area (Å²) in [5.41, 5.74) is 1.54. The van der Waals surface area contributed by atoms with Crippen LogP contribution in [0.5, 0.6) is 0 Å². The third-order valence-electron chi connectivity index (χ3n) is 2.31. The van der Waals surface area contributed by atoms with E-state index in [0.717, 1.165) is 5.56 Å². The molecule has 4 nitrogen and oxygen atoms in total. The first-order valence-corrected chi connectivity index (χ1v) is 4.65. The third kappa shape index (κ3) is 1.98. The largest absolute Gasteiger partial charge is 0.464 e. The highest BCUT2D eigenvalue weighted by atomic mass is 16.6. The molecule has 0 fully saturated rings. The normalized spacial score (nSPS) is 18.9. The van der Waals surface area contributed by atoms with E-state index >= 15 is 0 Å². The second-order valence-corrected chi connectivity index (χ2v) is 3.32. The van der Waals surface area contributed by atoms with E-state index in [0.29, 0.717) is 18.5 Å². The van der Waals surface area contributed by atoms with Crippen molar-refractivity contribution in [2.75, 3.05) is 6.61 Å². The second kappa shape index (κ2) is 4.13. The van der Waals surface area contributed by atoms with E-state index in [1.165, 1.54) is 0 Å². The maximum Gasteiger partial charge on any atom is 0.338 e. The lowest BCUT2D eigenvalue weighted by atomic mass is 9.99. The Labute approximate surface area is 86.8 Å². The molecule has 0 aromatic heterocycles. The molecule has 0 spiro atoms. The molecule has 0 unspecified atom stereocenters. The molecule has 78 valence electrons. The van der Waals surface area contributed by atoms with Gasteiger partial charge >= 0.3 is 5.97 Å². The van der Waals surface area contributed by atoms with Crippen LogP contribution >= 0.6 is 0 Å². The van der Waals surface area contributed by atoms with Crippen LogP contribution in [-0.4, -0.2) is 25.2 Å². The van der Waals surface area contributed by atoms with E-state index in [-0.39, 0.29) is 18.7 Å². The summed E-state index contributed by atoms with van der Waals surface area (Å²) in [5, 5.41) is 0. The lowest BCUT2D eigenvalue weighted by molar-refractivity contribution is -0.131. The molecule has 0 radical (unpaired) electrons. The fourth-order valence-electron chi connectivity index (χ4n) is 1.64. The summed E-state index contributed by atoms with van der Waals surface area (Å²) in [6.07, 6.45) is 0.230. The molecule has 1 atom stereocenters. The number of carbonyl (C=O) groups excluding carboxylic acids is 2. The molecule has 0 N–H and O–H groups in total. The molecule has 0 saturated carbocycles. The third-order valence-corrected chi connectivity index (χ3v) is 2.31. The van der Waals surface area contributed by atoms with Gasteiger partial charge < -0.3 is 9.47 Å². The standard InChI is InChI=1S/C11H10O4/c12-7-14-6-9-5-8-3-1-2-4-10(8)11(13)15-9/h1-4,7,9H,5-6H2/t9-/m0/s1. The fourth-order valence-corrected chi connectivity index (χ4v) is 1.64. The van der Waals surface area contributed by atoms with Crippen LogP contribution in [-0.2, 0) is 20.7 Å². The van der Waals surface area contributed by atoms with Crippen molar-refractivity contribution in [1.82, 2.24) is 0 Å². The average molecular weight is 206 g/mol. The van der Waals surface area contributed by atoms with Crippen LogP contribution in [0.2, 0.25) is 0 Å². The van der Waals surface area contributed by atoms with Crippen LogP contribution in [0.25, 0.3) is 0 Å². The van der Waals surface area contributed by atoms with Crippen LogP contribution < -0.4 is 0 Å². The van der Waals surface area contributed by atoms with Gasteiger partial charge in [0.15, 0.2) is 0 Å². The zero-order valence-electron chi connectivity index (χ0n) is 8.01. The monoisotopic (exact) mass is 206 g/mol. The van der Waals surface area contributed by atoms with E-state index in [2.05, 4.69) is 4.74 Å². The van der Waals surface area contributed by atoms with Crippen molar-refractivity contribution in [3.8, 4) is 0 Å². The molecule has 1 aliphatic rings.